The van der Waals surface area contributed by atoms with Gasteiger partial charge in [0.2, 0.25) is 35.7 Å². The number of rotatable bonds is 24. The third-order valence-electron chi connectivity index (χ3n) is 12.8. The molecule has 0 amide bonds. The van der Waals surface area contributed by atoms with E-state index in [-0.39, 0.29) is 44.7 Å². The van der Waals surface area contributed by atoms with Crippen LogP contribution in [0.4, 0.5) is 58.4 Å². The van der Waals surface area contributed by atoms with Crippen LogP contribution in [0.1, 0.15) is 33.4 Å². The maximum atomic E-state index is 13.8. The molecule has 0 saturated carbocycles. The van der Waals surface area contributed by atoms with Gasteiger partial charge in [-0.05, 0) is 81.9 Å². The van der Waals surface area contributed by atoms with E-state index in [0.29, 0.717) is 49.5 Å². The second kappa shape index (κ2) is 25.9. The molecule has 2 heterocycles. The molecule has 0 saturated heterocycles. The van der Waals surface area contributed by atoms with Gasteiger partial charge in [-0.1, -0.05) is 182 Å². The largest absolute Gasteiger partial charge is 0.350 e. The lowest BCUT2D eigenvalue weighted by atomic mass is 10.1. The van der Waals surface area contributed by atoms with Crippen molar-refractivity contribution in [3.8, 4) is 0 Å². The second-order valence-corrected chi connectivity index (χ2v) is 21.8. The Hall–Kier alpha value is -9.86. The number of anilines is 10. The molecule has 0 fully saturated rings. The van der Waals surface area contributed by atoms with E-state index in [2.05, 4.69) is 21.3 Å². The predicted molar refractivity (Wildman–Crippen MR) is 321 cm³/mol. The molecular weight excluding hydrogens is 1070 g/mol. The molecule has 0 aliphatic rings. The fourth-order valence-electron chi connectivity index (χ4n) is 8.65. The summed E-state index contributed by atoms with van der Waals surface area (Å²) in [4.78, 5) is 32.4. The van der Waals surface area contributed by atoms with Gasteiger partial charge < -0.3 is 31.1 Å². The third kappa shape index (κ3) is 14.3. The van der Waals surface area contributed by atoms with Crippen LogP contribution in [0.25, 0.3) is 12.2 Å². The molecule has 0 aliphatic carbocycles. The lowest BCUT2D eigenvalue weighted by molar-refractivity contribution is 0.396. The van der Waals surface area contributed by atoms with Gasteiger partial charge in [0.05, 0.1) is 27.3 Å². The molecule has 10 aromatic rings. The number of nitrogens with one attached hydrogen (secondary N) is 4. The van der Waals surface area contributed by atoms with E-state index < -0.39 is 20.2 Å². The van der Waals surface area contributed by atoms with Crippen LogP contribution in [-0.4, -0.2) is 61.0 Å². The Balaban J connectivity index is 0.972. The number of para-hydroxylation sites is 2. The van der Waals surface area contributed by atoms with Crippen LogP contribution >= 0.6 is 0 Å². The lowest BCUT2D eigenvalue weighted by Gasteiger charge is -2.24. The Morgan fingerprint density at radius 2 is 0.707 bits per heavy atom. The minimum atomic E-state index is -4.39. The molecule has 0 atom stereocenters. The van der Waals surface area contributed by atoms with Crippen molar-refractivity contribution < 1.29 is 25.2 Å². The van der Waals surface area contributed by atoms with Crippen molar-refractivity contribution in [1.29, 1.82) is 0 Å². The van der Waals surface area contributed by atoms with Crippen LogP contribution in [0.5, 0.6) is 0 Å². The summed E-state index contributed by atoms with van der Waals surface area (Å²) in [6.07, 6.45) is 2.96. The van der Waals surface area contributed by atoms with Crippen LogP contribution in [0.3, 0.4) is 0 Å². The van der Waals surface area contributed by atoms with E-state index in [4.69, 9.17) is 38.3 Å². The molecule has 82 heavy (non-hydrogen) atoms. The van der Waals surface area contributed by atoms with Crippen LogP contribution < -0.4 is 31.1 Å². The maximum absolute atomic E-state index is 13.8. The first-order valence-electron chi connectivity index (χ1n) is 25.9. The molecule has 0 bridgehead atoms. The number of nitrogens with zero attached hydrogens (tertiary/aromatic N) is 8. The summed E-state index contributed by atoms with van der Waals surface area (Å²) in [7, 11) is -6.65. The van der Waals surface area contributed by atoms with Crippen molar-refractivity contribution in [2.45, 2.75) is 36.0 Å². The van der Waals surface area contributed by atoms with E-state index >= 15 is 0 Å². The zero-order chi connectivity index (χ0) is 56.7. The Kier molecular flexibility index (Phi) is 17.5. The molecule has 412 valence electrons. The molecule has 0 spiro atoms. The Morgan fingerprint density at radius 1 is 0.390 bits per heavy atom. The topological polar surface area (TPSA) is 219 Å². The number of hydrogen-bond donors (Lipinski definition) is 4. The molecule has 2 aromatic heterocycles. The minimum Gasteiger partial charge on any atom is -0.350 e. The highest BCUT2D eigenvalue weighted by Crippen LogP contribution is 2.33. The fraction of sp³-hybridized carbons (Fsp3) is 0.0968. The van der Waals surface area contributed by atoms with Crippen LogP contribution in [0.2, 0.25) is 0 Å². The van der Waals surface area contributed by atoms with Crippen molar-refractivity contribution in [1.82, 2.24) is 29.9 Å². The van der Waals surface area contributed by atoms with E-state index in [9.17, 15) is 16.8 Å². The highest BCUT2D eigenvalue weighted by molar-refractivity contribution is 7.87. The van der Waals surface area contributed by atoms with Gasteiger partial charge in [-0.2, -0.15) is 46.7 Å². The highest BCUT2D eigenvalue weighted by Gasteiger charge is 2.23. The first-order valence-corrected chi connectivity index (χ1v) is 28.7. The van der Waals surface area contributed by atoms with Gasteiger partial charge in [0.15, 0.2) is 0 Å². The van der Waals surface area contributed by atoms with E-state index in [1.807, 2.05) is 192 Å². The maximum Gasteiger partial charge on any atom is 0.297 e. The number of benzene rings is 8. The molecule has 4 N–H and O–H groups in total. The zero-order valence-electron chi connectivity index (χ0n) is 44.6. The molecule has 20 heteroatoms. The van der Waals surface area contributed by atoms with E-state index in [1.165, 1.54) is 24.3 Å². The average Bonchev–Trinajstić information content (AvgIpc) is 3.68. The molecular formula is C62H56N12O6S2. The van der Waals surface area contributed by atoms with Crippen molar-refractivity contribution in [3.63, 3.8) is 0 Å². The molecule has 8 aromatic carbocycles. The summed E-state index contributed by atoms with van der Waals surface area (Å²) in [5.41, 5.74) is 6.66. The van der Waals surface area contributed by atoms with Crippen LogP contribution in [0, 0.1) is 0 Å². The lowest BCUT2D eigenvalue weighted by Crippen LogP contribution is -2.21. The van der Waals surface area contributed by atoms with Gasteiger partial charge in [-0.25, -0.2) is 0 Å². The monoisotopic (exact) mass is 1130 g/mol. The predicted octanol–water partition coefficient (Wildman–Crippen LogP) is 12.3. The van der Waals surface area contributed by atoms with Crippen molar-refractivity contribution in [2.24, 2.45) is 0 Å². The van der Waals surface area contributed by atoms with Crippen molar-refractivity contribution in [2.75, 3.05) is 45.3 Å². The smallest absolute Gasteiger partial charge is 0.297 e. The Labute approximate surface area is 476 Å². The quantitative estimate of drug-likeness (QED) is 0.0326. The summed E-state index contributed by atoms with van der Waals surface area (Å²) in [5.74, 6) is 1.42. The van der Waals surface area contributed by atoms with Gasteiger partial charge in [-0.15, -0.1) is 0 Å². The first-order chi connectivity index (χ1) is 40.0. The van der Waals surface area contributed by atoms with Crippen molar-refractivity contribution >= 4 is 90.8 Å². The minimum absolute atomic E-state index is 0.121. The Morgan fingerprint density at radius 3 is 1.05 bits per heavy atom. The molecule has 0 radical (unpaired) electrons. The van der Waals surface area contributed by atoms with E-state index in [0.717, 1.165) is 47.8 Å². The average molecular weight is 1130 g/mol. The van der Waals surface area contributed by atoms with Gasteiger partial charge >= 0.3 is 0 Å². The summed E-state index contributed by atoms with van der Waals surface area (Å²) < 4.78 is 65.2. The number of aromatic nitrogens is 6. The van der Waals surface area contributed by atoms with Crippen LogP contribution in [-0.2, 0) is 54.8 Å². The van der Waals surface area contributed by atoms with E-state index in [1.54, 1.807) is 24.3 Å². The van der Waals surface area contributed by atoms with Gasteiger partial charge in [0.25, 0.3) is 20.2 Å². The normalized spacial score (nSPS) is 11.5. The highest BCUT2D eigenvalue weighted by atomic mass is 32.2. The summed E-state index contributed by atoms with van der Waals surface area (Å²) in [6.45, 7) is 1.67. The molecule has 0 aliphatic heterocycles. The molecule has 18 nitrogen and oxygen atoms in total. The number of hydrogen-bond acceptors (Lipinski definition) is 18. The molecule has 0 unspecified atom stereocenters. The van der Waals surface area contributed by atoms with Crippen molar-refractivity contribution in [3.05, 3.63) is 252 Å². The third-order valence-corrected chi connectivity index (χ3v) is 15.4. The zero-order valence-corrected chi connectivity index (χ0v) is 46.2. The second-order valence-electron chi connectivity index (χ2n) is 18.4. The fourth-order valence-corrected chi connectivity index (χ4v) is 10.4. The Bertz CT molecular complexity index is 3750. The standard InChI is InChI=1S/C62H56N12O6S2/c1-79-81(75,76)55-39-51(65-59-67-57(63-41-45-21-9-3-10-22-45)69-61(71-59)73(53-29-17-7-18-30-53)43-47-25-13-5-14-26-47)37-35-49(55)33-34-50-36-38-52(40-56(50)82(77,78)80-2)66-60-68-58(64-42-46-23-11-4-12-24-46)70-62(72-60)74(54-31-19-8-20-32-54)44-48-27-15-6-16-28-48/h3-40H,41-44H2,1-2H3,(H2,63,65,67,69,71)(H2,64,66,68,70,72). The molecule has 10 rings (SSSR count). The van der Waals surface area contributed by atoms with Gasteiger partial charge in [-0.3, -0.25) is 8.37 Å². The van der Waals surface area contributed by atoms with Gasteiger partial charge in [0.1, 0.15) is 9.79 Å². The van der Waals surface area contributed by atoms with Gasteiger partial charge in [0, 0.05) is 35.8 Å². The SMILES string of the molecule is COS(=O)(=O)c1cc(Nc2nc(NCc3ccccc3)nc(N(Cc3ccccc3)c3ccccc3)n2)ccc1C=Cc1ccc(Nc2nc(NCc3ccccc3)nc(N(Cc3ccccc3)c3ccccc3)n2)cc1S(=O)(=O)OC. The first kappa shape index (κ1) is 55.5. The summed E-state index contributed by atoms with van der Waals surface area (Å²) in [5, 5.41) is 13.1. The summed E-state index contributed by atoms with van der Waals surface area (Å²) in [6, 6.07) is 68.1. The summed E-state index contributed by atoms with van der Waals surface area (Å²) >= 11 is 0. The van der Waals surface area contributed by atoms with Crippen LogP contribution in [0.15, 0.2) is 228 Å².